The number of aromatic amines is 1. The van der Waals surface area contributed by atoms with Gasteiger partial charge in [0.05, 0.1) is 6.26 Å². The number of piperazine rings is 1. The third-order valence-electron chi connectivity index (χ3n) is 4.24. The number of H-pyrrole nitrogens is 1. The zero-order valence-corrected chi connectivity index (χ0v) is 13.3. The lowest BCUT2D eigenvalue weighted by Crippen LogP contribution is -2.49. The number of nitrogens with zero attached hydrogens (tertiary/aromatic N) is 4. The van der Waals surface area contributed by atoms with Gasteiger partial charge in [-0.05, 0) is 12.1 Å². The van der Waals surface area contributed by atoms with E-state index in [2.05, 4.69) is 20.5 Å². The summed E-state index contributed by atoms with van der Waals surface area (Å²) in [6.45, 7) is 2.04. The lowest BCUT2D eigenvalue weighted by atomic mass is 10.1. The van der Waals surface area contributed by atoms with Crippen molar-refractivity contribution in [1.82, 2.24) is 30.0 Å². The minimum atomic E-state index is -0.116. The van der Waals surface area contributed by atoms with Crippen LogP contribution in [0.3, 0.4) is 0 Å². The van der Waals surface area contributed by atoms with Crippen LogP contribution in [0.5, 0.6) is 0 Å². The van der Waals surface area contributed by atoms with Crippen LogP contribution in [0.15, 0.2) is 41.3 Å². The highest BCUT2D eigenvalue weighted by Gasteiger charge is 2.32. The Hall–Kier alpha value is -2.87. The summed E-state index contributed by atoms with van der Waals surface area (Å²) in [6.07, 6.45) is 5.22. The molecule has 3 aromatic rings. The van der Waals surface area contributed by atoms with Gasteiger partial charge in [0.15, 0.2) is 11.5 Å². The first kappa shape index (κ1) is 14.7. The van der Waals surface area contributed by atoms with Crippen molar-refractivity contribution in [2.75, 3.05) is 19.6 Å². The molecule has 8 nitrogen and oxygen atoms in total. The Morgan fingerprint density at radius 3 is 3.12 bits per heavy atom. The number of amides is 1. The minimum Gasteiger partial charge on any atom is -0.463 e. The molecule has 0 saturated carbocycles. The third kappa shape index (κ3) is 2.50. The Morgan fingerprint density at radius 2 is 2.38 bits per heavy atom. The van der Waals surface area contributed by atoms with E-state index in [1.807, 2.05) is 28.8 Å². The van der Waals surface area contributed by atoms with Gasteiger partial charge >= 0.3 is 0 Å². The summed E-state index contributed by atoms with van der Waals surface area (Å²) in [5.74, 6) is 1.40. The molecule has 4 rings (SSSR count). The molecule has 1 aliphatic rings. The van der Waals surface area contributed by atoms with E-state index in [1.165, 1.54) is 0 Å². The molecule has 1 saturated heterocycles. The standard InChI is InChI=1S/C16H18N6O2/c1-21-6-5-18-15(21)13-10-17-4-7-22(13)16(23)12-9-11(19-20-12)14-3-2-8-24-14/h2-3,5-6,8-9,13,17H,4,7,10H2,1H3,(H,19,20). The molecular weight excluding hydrogens is 308 g/mol. The van der Waals surface area contributed by atoms with E-state index in [0.29, 0.717) is 30.2 Å². The van der Waals surface area contributed by atoms with Crippen molar-refractivity contribution in [2.24, 2.45) is 7.05 Å². The zero-order valence-electron chi connectivity index (χ0n) is 13.3. The molecule has 0 aromatic carbocycles. The number of carbonyl (C=O) groups is 1. The largest absolute Gasteiger partial charge is 0.463 e. The summed E-state index contributed by atoms with van der Waals surface area (Å²) in [7, 11) is 1.93. The molecule has 1 aliphatic heterocycles. The number of aryl methyl sites for hydroxylation is 1. The molecule has 8 heteroatoms. The summed E-state index contributed by atoms with van der Waals surface area (Å²) in [5.41, 5.74) is 1.06. The molecule has 0 aliphatic carbocycles. The average molecular weight is 326 g/mol. The number of furan rings is 1. The molecule has 1 atom stereocenters. The molecule has 2 N–H and O–H groups in total. The number of carbonyl (C=O) groups excluding carboxylic acids is 1. The maximum Gasteiger partial charge on any atom is 0.275 e. The number of nitrogens with one attached hydrogen (secondary N) is 2. The van der Waals surface area contributed by atoms with Crippen LogP contribution in [0.4, 0.5) is 0 Å². The first-order valence-corrected chi connectivity index (χ1v) is 7.82. The second-order valence-electron chi connectivity index (χ2n) is 5.76. The molecule has 0 spiro atoms. The smallest absolute Gasteiger partial charge is 0.275 e. The molecule has 1 amide bonds. The van der Waals surface area contributed by atoms with E-state index in [-0.39, 0.29) is 11.9 Å². The van der Waals surface area contributed by atoms with Gasteiger partial charge in [-0.2, -0.15) is 5.10 Å². The van der Waals surface area contributed by atoms with Gasteiger partial charge in [-0.3, -0.25) is 9.89 Å². The van der Waals surface area contributed by atoms with Gasteiger partial charge in [-0.25, -0.2) is 4.98 Å². The topological polar surface area (TPSA) is 92.0 Å². The van der Waals surface area contributed by atoms with Gasteiger partial charge in [-0.1, -0.05) is 0 Å². The van der Waals surface area contributed by atoms with Crippen LogP contribution in [-0.4, -0.2) is 50.2 Å². The summed E-state index contributed by atoms with van der Waals surface area (Å²) < 4.78 is 7.28. The van der Waals surface area contributed by atoms with Crippen LogP contribution in [0.2, 0.25) is 0 Å². The van der Waals surface area contributed by atoms with E-state index < -0.39 is 0 Å². The molecule has 0 radical (unpaired) electrons. The van der Waals surface area contributed by atoms with Crippen molar-refractivity contribution < 1.29 is 9.21 Å². The predicted octanol–water partition coefficient (Wildman–Crippen LogP) is 1.19. The van der Waals surface area contributed by atoms with Crippen LogP contribution in [0.25, 0.3) is 11.5 Å². The molecule has 4 heterocycles. The first-order valence-electron chi connectivity index (χ1n) is 7.82. The number of hydrogen-bond donors (Lipinski definition) is 2. The SMILES string of the molecule is Cn1ccnc1C1CNCCN1C(=O)c1cc(-c2ccco2)[nH]n1. The Morgan fingerprint density at radius 1 is 1.46 bits per heavy atom. The average Bonchev–Trinajstić information content (AvgIpc) is 3.35. The first-order chi connectivity index (χ1) is 11.7. The summed E-state index contributed by atoms with van der Waals surface area (Å²) in [6, 6.07) is 5.22. The number of rotatable bonds is 3. The second kappa shape index (κ2) is 5.97. The van der Waals surface area contributed by atoms with Crippen molar-refractivity contribution in [3.63, 3.8) is 0 Å². The van der Waals surface area contributed by atoms with Crippen LogP contribution in [0.1, 0.15) is 22.4 Å². The highest BCUT2D eigenvalue weighted by atomic mass is 16.3. The van der Waals surface area contributed by atoms with Gasteiger partial charge < -0.3 is 19.2 Å². The Balaban J connectivity index is 1.61. The Kier molecular flexibility index (Phi) is 3.66. The van der Waals surface area contributed by atoms with Gasteiger partial charge in [-0.15, -0.1) is 0 Å². The monoisotopic (exact) mass is 326 g/mol. The van der Waals surface area contributed by atoms with Crippen molar-refractivity contribution in [2.45, 2.75) is 6.04 Å². The lowest BCUT2D eigenvalue weighted by Gasteiger charge is -2.35. The molecule has 3 aromatic heterocycles. The Bertz CT molecular complexity index is 835. The van der Waals surface area contributed by atoms with E-state index in [1.54, 1.807) is 24.6 Å². The number of aromatic nitrogens is 4. The maximum absolute atomic E-state index is 12.9. The third-order valence-corrected chi connectivity index (χ3v) is 4.24. The van der Waals surface area contributed by atoms with Gasteiger partial charge in [0, 0.05) is 45.1 Å². The predicted molar refractivity (Wildman–Crippen MR) is 86.1 cm³/mol. The lowest BCUT2D eigenvalue weighted by molar-refractivity contribution is 0.0614. The quantitative estimate of drug-likeness (QED) is 0.754. The molecule has 1 unspecified atom stereocenters. The maximum atomic E-state index is 12.9. The van der Waals surface area contributed by atoms with Gasteiger partial charge in [0.25, 0.3) is 5.91 Å². The highest BCUT2D eigenvalue weighted by molar-refractivity contribution is 5.93. The molecule has 0 bridgehead atoms. The van der Waals surface area contributed by atoms with Gasteiger partial charge in [0.2, 0.25) is 0 Å². The Labute approximate surface area is 138 Å². The van der Waals surface area contributed by atoms with E-state index in [4.69, 9.17) is 4.42 Å². The van der Waals surface area contributed by atoms with Crippen LogP contribution < -0.4 is 5.32 Å². The van der Waals surface area contributed by atoms with E-state index in [9.17, 15) is 4.79 Å². The second-order valence-corrected chi connectivity index (χ2v) is 5.76. The van der Waals surface area contributed by atoms with Crippen LogP contribution in [-0.2, 0) is 7.05 Å². The van der Waals surface area contributed by atoms with E-state index >= 15 is 0 Å². The fraction of sp³-hybridized carbons (Fsp3) is 0.312. The van der Waals surface area contributed by atoms with Crippen LogP contribution in [0, 0.1) is 0 Å². The fourth-order valence-corrected chi connectivity index (χ4v) is 3.01. The zero-order chi connectivity index (χ0) is 16.5. The fourth-order valence-electron chi connectivity index (χ4n) is 3.01. The highest BCUT2D eigenvalue weighted by Crippen LogP contribution is 2.24. The molecule has 124 valence electrons. The molecular formula is C16H18N6O2. The minimum absolute atomic E-state index is 0.112. The van der Waals surface area contributed by atoms with Crippen LogP contribution >= 0.6 is 0 Å². The molecule has 24 heavy (non-hydrogen) atoms. The van der Waals surface area contributed by atoms with Crippen molar-refractivity contribution in [1.29, 1.82) is 0 Å². The van der Waals surface area contributed by atoms with Gasteiger partial charge in [0.1, 0.15) is 17.6 Å². The normalized spacial score (nSPS) is 18.0. The summed E-state index contributed by atoms with van der Waals surface area (Å²) >= 11 is 0. The van der Waals surface area contributed by atoms with E-state index in [0.717, 1.165) is 12.4 Å². The number of imidazole rings is 1. The number of hydrogen-bond acceptors (Lipinski definition) is 5. The molecule has 1 fully saturated rings. The summed E-state index contributed by atoms with van der Waals surface area (Å²) in [5, 5.41) is 10.3. The van der Waals surface area contributed by atoms with Crippen molar-refractivity contribution in [3.8, 4) is 11.5 Å². The summed E-state index contributed by atoms with van der Waals surface area (Å²) in [4.78, 5) is 19.2. The van der Waals surface area contributed by atoms with Crippen molar-refractivity contribution in [3.05, 3.63) is 48.4 Å². The van der Waals surface area contributed by atoms with Crippen molar-refractivity contribution >= 4 is 5.91 Å².